The topological polar surface area (TPSA) is 71.3 Å². The zero-order chi connectivity index (χ0) is 17.6. The van der Waals surface area contributed by atoms with E-state index < -0.39 is 0 Å². The lowest BCUT2D eigenvalue weighted by atomic mass is 9.99. The van der Waals surface area contributed by atoms with Crippen LogP contribution in [-0.2, 0) is 0 Å². The van der Waals surface area contributed by atoms with E-state index >= 15 is 0 Å². The number of aromatic nitrogens is 1. The molecule has 1 aliphatic rings. The molecule has 2 heterocycles. The maximum Gasteiger partial charge on any atom is 0.269 e. The van der Waals surface area contributed by atoms with E-state index in [0.29, 0.717) is 6.04 Å². The lowest BCUT2D eigenvalue weighted by Crippen LogP contribution is -2.44. The minimum atomic E-state index is -0.332. The van der Waals surface area contributed by atoms with E-state index in [1.54, 1.807) is 18.2 Å². The largest absolute Gasteiger partial charge is 0.357 e. The average molecular weight is 340 g/mol. The summed E-state index contributed by atoms with van der Waals surface area (Å²) < 4.78 is 0. The number of hydrogen-bond donors (Lipinski definition) is 1. The predicted molar refractivity (Wildman–Crippen MR) is 98.7 cm³/mol. The molecule has 0 bridgehead atoms. The number of rotatable bonds is 6. The molecule has 0 radical (unpaired) electrons. The van der Waals surface area contributed by atoms with Crippen molar-refractivity contribution < 1.29 is 4.92 Å². The van der Waals surface area contributed by atoms with E-state index in [9.17, 15) is 10.1 Å². The Hall–Kier alpha value is -2.47. The number of hydrogen-bond acceptors (Lipinski definition) is 5. The summed E-state index contributed by atoms with van der Waals surface area (Å²) in [5.74, 6) is 1.03. The van der Waals surface area contributed by atoms with Gasteiger partial charge in [-0.2, -0.15) is 0 Å². The molecule has 2 aromatic rings. The molecule has 1 fully saturated rings. The molecule has 1 aromatic carbocycles. The van der Waals surface area contributed by atoms with Gasteiger partial charge in [-0.1, -0.05) is 25.1 Å². The SMILES string of the molecule is CCC(NC1CCN(c2ccccn2)CC1)c1cccc([N+](=O)[O-])c1. The lowest BCUT2D eigenvalue weighted by Gasteiger charge is -2.35. The third-order valence-electron chi connectivity index (χ3n) is 4.80. The quantitative estimate of drug-likeness (QED) is 0.641. The van der Waals surface area contributed by atoms with E-state index in [1.165, 1.54) is 0 Å². The molecule has 1 unspecified atom stereocenters. The van der Waals surface area contributed by atoms with E-state index in [-0.39, 0.29) is 16.7 Å². The Morgan fingerprint density at radius 3 is 2.72 bits per heavy atom. The number of nitro groups is 1. The Morgan fingerprint density at radius 1 is 1.28 bits per heavy atom. The minimum absolute atomic E-state index is 0.145. The Morgan fingerprint density at radius 2 is 2.08 bits per heavy atom. The fourth-order valence-corrected chi connectivity index (χ4v) is 3.41. The van der Waals surface area contributed by atoms with Gasteiger partial charge in [0.2, 0.25) is 0 Å². The normalized spacial score (nSPS) is 16.6. The van der Waals surface area contributed by atoms with Crippen LogP contribution >= 0.6 is 0 Å². The van der Waals surface area contributed by atoms with Gasteiger partial charge in [0.1, 0.15) is 5.82 Å². The van der Waals surface area contributed by atoms with Crippen molar-refractivity contribution in [1.29, 1.82) is 0 Å². The van der Waals surface area contributed by atoms with Crippen LogP contribution in [0.5, 0.6) is 0 Å². The monoisotopic (exact) mass is 340 g/mol. The van der Waals surface area contributed by atoms with Crippen LogP contribution in [0.4, 0.5) is 11.5 Å². The highest BCUT2D eigenvalue weighted by atomic mass is 16.6. The van der Waals surface area contributed by atoms with Crippen molar-refractivity contribution in [3.8, 4) is 0 Å². The van der Waals surface area contributed by atoms with Crippen LogP contribution in [0.25, 0.3) is 0 Å². The van der Waals surface area contributed by atoms with Crippen LogP contribution in [0.3, 0.4) is 0 Å². The van der Waals surface area contributed by atoms with Crippen molar-refractivity contribution in [2.45, 2.75) is 38.3 Å². The maximum absolute atomic E-state index is 11.0. The molecule has 1 N–H and O–H groups in total. The minimum Gasteiger partial charge on any atom is -0.357 e. The molecule has 1 atom stereocenters. The maximum atomic E-state index is 11.0. The van der Waals surface area contributed by atoms with Crippen molar-refractivity contribution in [2.75, 3.05) is 18.0 Å². The van der Waals surface area contributed by atoms with Crippen LogP contribution in [0.1, 0.15) is 37.8 Å². The van der Waals surface area contributed by atoms with Gasteiger partial charge >= 0.3 is 0 Å². The van der Waals surface area contributed by atoms with Crippen LogP contribution < -0.4 is 10.2 Å². The van der Waals surface area contributed by atoms with Gasteiger partial charge < -0.3 is 10.2 Å². The summed E-state index contributed by atoms with van der Waals surface area (Å²) in [6.07, 6.45) is 4.82. The fraction of sp³-hybridized carbons (Fsp3) is 0.421. The van der Waals surface area contributed by atoms with Gasteiger partial charge in [0.25, 0.3) is 5.69 Å². The molecule has 0 saturated carbocycles. The third-order valence-corrected chi connectivity index (χ3v) is 4.80. The standard InChI is InChI=1S/C19H24N4O2/c1-2-18(15-6-5-7-17(14-15)23(24)25)21-16-9-12-22(13-10-16)19-8-3-4-11-20-19/h3-8,11,14,16,18,21H,2,9-10,12-13H2,1H3. The molecule has 3 rings (SSSR count). The Labute approximate surface area is 148 Å². The molecule has 1 aromatic heterocycles. The first-order chi connectivity index (χ1) is 12.2. The molecule has 6 nitrogen and oxygen atoms in total. The smallest absolute Gasteiger partial charge is 0.269 e. The molecule has 0 amide bonds. The van der Waals surface area contributed by atoms with Gasteiger partial charge in [-0.05, 0) is 37.0 Å². The summed E-state index contributed by atoms with van der Waals surface area (Å²) in [4.78, 5) is 17.4. The number of pyridine rings is 1. The first kappa shape index (κ1) is 17.4. The van der Waals surface area contributed by atoms with E-state index in [4.69, 9.17) is 0 Å². The molecule has 6 heteroatoms. The number of piperidine rings is 1. The number of nitrogens with zero attached hydrogens (tertiary/aromatic N) is 3. The summed E-state index contributed by atoms with van der Waals surface area (Å²) in [7, 11) is 0. The number of non-ortho nitro benzene ring substituents is 1. The summed E-state index contributed by atoms with van der Waals surface area (Å²) in [5.41, 5.74) is 1.14. The van der Waals surface area contributed by atoms with E-state index in [2.05, 4.69) is 22.1 Å². The third kappa shape index (κ3) is 4.33. The number of anilines is 1. The van der Waals surface area contributed by atoms with E-state index in [0.717, 1.165) is 43.7 Å². The van der Waals surface area contributed by atoms with Gasteiger partial charge in [-0.3, -0.25) is 10.1 Å². The molecular formula is C19H24N4O2. The zero-order valence-corrected chi connectivity index (χ0v) is 14.5. The molecule has 0 spiro atoms. The van der Waals surface area contributed by atoms with Crippen LogP contribution in [-0.4, -0.2) is 29.0 Å². The van der Waals surface area contributed by atoms with Gasteiger partial charge in [0.05, 0.1) is 4.92 Å². The van der Waals surface area contributed by atoms with Crippen molar-refractivity contribution in [3.05, 3.63) is 64.3 Å². The average Bonchev–Trinajstić information content (AvgIpc) is 2.67. The molecular weight excluding hydrogens is 316 g/mol. The van der Waals surface area contributed by atoms with Gasteiger partial charge in [-0.25, -0.2) is 4.98 Å². The Balaban J connectivity index is 1.60. The van der Waals surface area contributed by atoms with Crippen molar-refractivity contribution in [2.24, 2.45) is 0 Å². The highest BCUT2D eigenvalue weighted by molar-refractivity contribution is 5.38. The Bertz CT molecular complexity index is 700. The molecule has 25 heavy (non-hydrogen) atoms. The number of nitro benzene ring substituents is 1. The van der Waals surface area contributed by atoms with Crippen LogP contribution in [0, 0.1) is 10.1 Å². The number of nitrogens with one attached hydrogen (secondary N) is 1. The van der Waals surface area contributed by atoms with Crippen molar-refractivity contribution >= 4 is 11.5 Å². The van der Waals surface area contributed by atoms with Crippen molar-refractivity contribution in [1.82, 2.24) is 10.3 Å². The second-order valence-electron chi connectivity index (χ2n) is 6.43. The van der Waals surface area contributed by atoms with Gasteiger partial charge in [0.15, 0.2) is 0 Å². The number of benzene rings is 1. The molecule has 1 aliphatic heterocycles. The van der Waals surface area contributed by atoms with Crippen LogP contribution in [0.15, 0.2) is 48.7 Å². The predicted octanol–water partition coefficient (Wildman–Crippen LogP) is 3.70. The first-order valence-corrected chi connectivity index (χ1v) is 8.83. The highest BCUT2D eigenvalue weighted by Crippen LogP contribution is 2.24. The second kappa shape index (κ2) is 8.07. The fourth-order valence-electron chi connectivity index (χ4n) is 3.41. The Kier molecular flexibility index (Phi) is 5.60. The van der Waals surface area contributed by atoms with Crippen LogP contribution in [0.2, 0.25) is 0 Å². The summed E-state index contributed by atoms with van der Waals surface area (Å²) in [6.45, 7) is 4.06. The lowest BCUT2D eigenvalue weighted by molar-refractivity contribution is -0.384. The summed E-state index contributed by atoms with van der Waals surface area (Å²) in [5, 5.41) is 14.7. The van der Waals surface area contributed by atoms with Crippen molar-refractivity contribution in [3.63, 3.8) is 0 Å². The molecule has 0 aliphatic carbocycles. The molecule has 132 valence electrons. The summed E-state index contributed by atoms with van der Waals surface area (Å²) in [6, 6.07) is 13.5. The van der Waals surface area contributed by atoms with E-state index in [1.807, 2.05) is 30.5 Å². The van der Waals surface area contributed by atoms with Gasteiger partial charge in [-0.15, -0.1) is 0 Å². The molecule has 1 saturated heterocycles. The second-order valence-corrected chi connectivity index (χ2v) is 6.43. The first-order valence-electron chi connectivity index (χ1n) is 8.83. The van der Waals surface area contributed by atoms with Gasteiger partial charge in [0, 0.05) is 43.5 Å². The summed E-state index contributed by atoms with van der Waals surface area (Å²) >= 11 is 0. The zero-order valence-electron chi connectivity index (χ0n) is 14.5. The highest BCUT2D eigenvalue weighted by Gasteiger charge is 2.23.